The van der Waals surface area contributed by atoms with E-state index in [2.05, 4.69) is 0 Å². The van der Waals surface area contributed by atoms with E-state index in [1.807, 2.05) is 0 Å². The Balaban J connectivity index is 3.64. The molecule has 0 atom stereocenters. The maximum atomic E-state index is 11.1. The fourth-order valence-electron chi connectivity index (χ4n) is 3.23. The lowest BCUT2D eigenvalue weighted by Crippen LogP contribution is -2.32. The lowest BCUT2D eigenvalue weighted by molar-refractivity contribution is -0.137. The van der Waals surface area contributed by atoms with Gasteiger partial charge in [0.25, 0.3) is 0 Å². The van der Waals surface area contributed by atoms with Gasteiger partial charge in [-0.15, -0.1) is 70.6 Å². The molecule has 0 amide bonds. The number of thioether (sulfide) groups is 6. The van der Waals surface area contributed by atoms with Gasteiger partial charge >= 0.3 is 35.8 Å². The molecule has 1 rings (SSSR count). The lowest BCUT2D eigenvalue weighted by atomic mass is 10.5. The van der Waals surface area contributed by atoms with Gasteiger partial charge in [-0.3, -0.25) is 28.8 Å². The van der Waals surface area contributed by atoms with Crippen molar-refractivity contribution >= 4 is 124 Å². The largest absolute Gasteiger partial charge is 0.481 e. The van der Waals surface area contributed by atoms with Gasteiger partial charge in [0.15, 0.2) is 0 Å². The van der Waals surface area contributed by atoms with Crippen molar-refractivity contribution in [3.05, 3.63) is 0 Å². The van der Waals surface area contributed by atoms with Crippen LogP contribution in [-0.4, -0.2) is 151 Å². The molecular formula is C27H42N6O12S6. The molecule has 0 aliphatic heterocycles. The Kier molecular flexibility index (Phi) is 25.4. The number of carboxylic acid groups (broad SMARTS) is 6. The molecule has 24 heteroatoms. The van der Waals surface area contributed by atoms with Crippen LogP contribution >= 0.6 is 70.6 Å². The smallest absolute Gasteiger partial charge is 0.304 e. The summed E-state index contributed by atoms with van der Waals surface area (Å²) in [6.45, 7) is 0. The summed E-state index contributed by atoms with van der Waals surface area (Å²) >= 11 is 7.83. The molecule has 0 unspecified atom stereocenters. The summed E-state index contributed by atoms with van der Waals surface area (Å²) < 4.78 is 0. The van der Waals surface area contributed by atoms with Crippen LogP contribution in [0.2, 0.25) is 0 Å². The van der Waals surface area contributed by atoms with Gasteiger partial charge in [0.1, 0.15) is 0 Å². The SMILES string of the molecule is O=C(O)CCSCN(CSCCC(=O)O)c1nc(N(CSCCC(=O)O)CSCCC(=O)O)nc(N(CSCCC(=O)O)CSCCC(=O)O)n1. The third-order valence-electron chi connectivity index (χ3n) is 5.69. The summed E-state index contributed by atoms with van der Waals surface area (Å²) in [6.07, 6.45) is -0.570. The van der Waals surface area contributed by atoms with Crippen LogP contribution in [0.15, 0.2) is 0 Å². The summed E-state index contributed by atoms with van der Waals surface area (Å²) in [5.74, 6) is -2.25. The topological polar surface area (TPSA) is 272 Å². The number of aromatic nitrogens is 3. The van der Waals surface area contributed by atoms with E-state index >= 15 is 0 Å². The molecule has 0 radical (unpaired) electrons. The van der Waals surface area contributed by atoms with E-state index < -0.39 is 35.8 Å². The molecule has 51 heavy (non-hydrogen) atoms. The molecule has 0 aliphatic rings. The van der Waals surface area contributed by atoms with Crippen molar-refractivity contribution in [2.75, 3.05) is 84.5 Å². The third-order valence-corrected chi connectivity index (χ3v) is 11.6. The zero-order valence-corrected chi connectivity index (χ0v) is 32.4. The van der Waals surface area contributed by atoms with Gasteiger partial charge in [0.2, 0.25) is 17.8 Å². The van der Waals surface area contributed by atoms with Crippen molar-refractivity contribution < 1.29 is 59.4 Å². The number of nitrogens with zero attached hydrogens (tertiary/aromatic N) is 6. The maximum Gasteiger partial charge on any atom is 0.304 e. The van der Waals surface area contributed by atoms with Crippen molar-refractivity contribution in [1.29, 1.82) is 0 Å². The monoisotopic (exact) mass is 834 g/mol. The minimum absolute atomic E-state index is 0.0951. The molecule has 0 spiro atoms. The molecular weight excluding hydrogens is 793 g/mol. The Bertz CT molecular complexity index is 1050. The summed E-state index contributed by atoms with van der Waals surface area (Å²) in [7, 11) is 0. The normalized spacial score (nSPS) is 10.8. The number of carboxylic acids is 6. The molecule has 0 fully saturated rings. The van der Waals surface area contributed by atoms with Crippen LogP contribution < -0.4 is 14.7 Å². The van der Waals surface area contributed by atoms with Gasteiger partial charge < -0.3 is 45.3 Å². The number of anilines is 3. The number of carbonyl (C=O) groups is 6. The number of aliphatic carboxylic acids is 6. The average molecular weight is 835 g/mol. The predicted molar refractivity (Wildman–Crippen MR) is 205 cm³/mol. The zero-order valence-electron chi connectivity index (χ0n) is 27.5. The quantitative estimate of drug-likeness (QED) is 0.0438. The van der Waals surface area contributed by atoms with Crippen LogP contribution in [0, 0.1) is 0 Å². The van der Waals surface area contributed by atoms with Crippen LogP contribution in [0.4, 0.5) is 17.8 Å². The molecule has 1 heterocycles. The Labute approximate surface area is 320 Å². The number of hydrogen-bond donors (Lipinski definition) is 6. The minimum atomic E-state index is -0.970. The first-order valence-corrected chi connectivity index (χ1v) is 22.0. The van der Waals surface area contributed by atoms with Gasteiger partial charge in [0.05, 0.1) is 73.8 Å². The Morgan fingerprint density at radius 3 is 0.647 bits per heavy atom. The molecule has 0 bridgehead atoms. The van der Waals surface area contributed by atoms with Crippen molar-refractivity contribution in [2.45, 2.75) is 38.5 Å². The Hall–Kier alpha value is -2.67. The molecule has 0 saturated heterocycles. The van der Waals surface area contributed by atoms with Gasteiger partial charge in [-0.2, -0.15) is 15.0 Å². The molecule has 6 N–H and O–H groups in total. The minimum Gasteiger partial charge on any atom is -0.481 e. The molecule has 1 aromatic heterocycles. The zero-order chi connectivity index (χ0) is 38.0. The molecule has 288 valence electrons. The van der Waals surface area contributed by atoms with E-state index in [-0.39, 0.29) is 126 Å². The van der Waals surface area contributed by atoms with Crippen molar-refractivity contribution in [3.8, 4) is 0 Å². The van der Waals surface area contributed by atoms with Crippen LogP contribution in [0.1, 0.15) is 38.5 Å². The maximum absolute atomic E-state index is 11.1. The second-order valence-corrected chi connectivity index (χ2v) is 16.4. The molecule has 18 nitrogen and oxygen atoms in total. The first-order chi connectivity index (χ1) is 24.3. The molecule has 0 aliphatic carbocycles. The second-order valence-electron chi connectivity index (χ2n) is 9.94. The molecule has 1 aromatic rings. The first-order valence-electron chi connectivity index (χ1n) is 15.1. The highest BCUT2D eigenvalue weighted by Gasteiger charge is 2.22. The van der Waals surface area contributed by atoms with E-state index in [4.69, 9.17) is 45.6 Å². The first kappa shape index (κ1) is 46.4. The summed E-state index contributed by atoms with van der Waals surface area (Å²) in [6, 6.07) is 0. The van der Waals surface area contributed by atoms with E-state index in [1.165, 1.54) is 70.6 Å². The van der Waals surface area contributed by atoms with Gasteiger partial charge in [0, 0.05) is 34.5 Å². The van der Waals surface area contributed by atoms with Crippen LogP contribution in [0.5, 0.6) is 0 Å². The van der Waals surface area contributed by atoms with E-state index in [0.717, 1.165) is 0 Å². The van der Waals surface area contributed by atoms with Crippen LogP contribution in [-0.2, 0) is 28.8 Å². The van der Waals surface area contributed by atoms with Crippen molar-refractivity contribution in [1.82, 2.24) is 15.0 Å². The van der Waals surface area contributed by atoms with Gasteiger partial charge in [-0.05, 0) is 0 Å². The highest BCUT2D eigenvalue weighted by Crippen LogP contribution is 2.27. The van der Waals surface area contributed by atoms with Crippen LogP contribution in [0.3, 0.4) is 0 Å². The summed E-state index contributed by atoms with van der Waals surface area (Å²) in [5, 5.41) is 54.7. The van der Waals surface area contributed by atoms with Crippen LogP contribution in [0.25, 0.3) is 0 Å². The van der Waals surface area contributed by atoms with Crippen molar-refractivity contribution in [3.63, 3.8) is 0 Å². The molecule has 0 saturated carbocycles. The van der Waals surface area contributed by atoms with Gasteiger partial charge in [-0.25, -0.2) is 0 Å². The highest BCUT2D eigenvalue weighted by molar-refractivity contribution is 8.01. The second kappa shape index (κ2) is 27.9. The predicted octanol–water partition coefficient (Wildman–Crippen LogP) is 3.28. The lowest BCUT2D eigenvalue weighted by Gasteiger charge is -2.28. The van der Waals surface area contributed by atoms with Crippen molar-refractivity contribution in [2.24, 2.45) is 0 Å². The third kappa shape index (κ3) is 24.2. The number of rotatable bonds is 33. The van der Waals surface area contributed by atoms with E-state index in [1.54, 1.807) is 14.7 Å². The van der Waals surface area contributed by atoms with E-state index in [0.29, 0.717) is 0 Å². The fourth-order valence-corrected chi connectivity index (χ4v) is 8.83. The number of hydrogen-bond acceptors (Lipinski definition) is 18. The summed E-state index contributed by atoms with van der Waals surface area (Å²) in [5.41, 5.74) is 0. The van der Waals surface area contributed by atoms with E-state index in [9.17, 15) is 28.8 Å². The summed E-state index contributed by atoms with van der Waals surface area (Å²) in [4.78, 5) is 86.3. The standard InChI is InChI=1S/C27H42N6O12S6/c34-19(35)1-7-46-13-31(14-47-8-2-20(36)37)25-28-26(32(15-48-9-3-21(38)39)16-49-10-4-22(40)41)30-27(29-25)33(17-50-11-5-23(42)43)18-51-12-6-24(44)45/h1-18H2,(H,34,35)(H,36,37)(H,38,39)(H,40,41)(H,42,43)(H,44,45). The Morgan fingerprint density at radius 1 is 0.353 bits per heavy atom. The Morgan fingerprint density at radius 2 is 0.510 bits per heavy atom. The fraction of sp³-hybridized carbons (Fsp3) is 0.667. The molecule has 0 aromatic carbocycles. The average Bonchev–Trinajstić information content (AvgIpc) is 3.05. The highest BCUT2D eigenvalue weighted by atomic mass is 32.2. The van der Waals surface area contributed by atoms with Gasteiger partial charge in [-0.1, -0.05) is 0 Å².